The molecule has 0 aliphatic heterocycles. The van der Waals surface area contributed by atoms with E-state index >= 15 is 0 Å². The molecule has 1 aliphatic rings. The molecule has 0 bridgehead atoms. The normalized spacial score (nSPS) is 14.1. The summed E-state index contributed by atoms with van der Waals surface area (Å²) in [4.78, 5) is 26.3. The van der Waals surface area contributed by atoms with Gasteiger partial charge in [0, 0.05) is 30.8 Å². The summed E-state index contributed by atoms with van der Waals surface area (Å²) in [5.74, 6) is 0.586. The van der Waals surface area contributed by atoms with E-state index in [0.717, 1.165) is 44.3 Å². The summed E-state index contributed by atoms with van der Waals surface area (Å²) in [7, 11) is 0. The lowest BCUT2D eigenvalue weighted by Crippen LogP contribution is -2.33. The van der Waals surface area contributed by atoms with Crippen LogP contribution in [0.3, 0.4) is 0 Å². The first-order valence-electron chi connectivity index (χ1n) is 9.45. The van der Waals surface area contributed by atoms with Crippen molar-refractivity contribution in [2.45, 2.75) is 52.5 Å². The Morgan fingerprint density at radius 1 is 1.16 bits per heavy atom. The van der Waals surface area contributed by atoms with Gasteiger partial charge in [-0.05, 0) is 49.5 Å². The Kier molecular flexibility index (Phi) is 7.23. The highest BCUT2D eigenvalue weighted by atomic mass is 16.2. The molecule has 1 aliphatic carbocycles. The molecule has 4 nitrogen and oxygen atoms in total. The molecule has 1 fully saturated rings. The quantitative estimate of drug-likeness (QED) is 0.693. The first-order chi connectivity index (χ1) is 12.1. The molecule has 1 N–H and O–H groups in total. The molecule has 4 heteroatoms. The fourth-order valence-corrected chi connectivity index (χ4v) is 2.75. The second kappa shape index (κ2) is 9.40. The SMILES string of the molecule is CCC(CC)CN(CC)C(=O)/C=C/c1ccc(C(=O)NC2CC2)cc1. The van der Waals surface area contributed by atoms with E-state index in [4.69, 9.17) is 0 Å². The molecular formula is C21H30N2O2. The highest BCUT2D eigenvalue weighted by Gasteiger charge is 2.23. The van der Waals surface area contributed by atoms with Crippen molar-refractivity contribution in [1.82, 2.24) is 10.2 Å². The monoisotopic (exact) mass is 342 g/mol. The van der Waals surface area contributed by atoms with Crippen LogP contribution < -0.4 is 5.32 Å². The molecule has 25 heavy (non-hydrogen) atoms. The molecule has 0 radical (unpaired) electrons. The second-order valence-corrected chi connectivity index (χ2v) is 6.76. The number of amides is 2. The summed E-state index contributed by atoms with van der Waals surface area (Å²) in [6, 6.07) is 7.73. The predicted molar refractivity (Wildman–Crippen MR) is 102 cm³/mol. The van der Waals surface area contributed by atoms with E-state index in [0.29, 0.717) is 17.5 Å². The molecule has 0 saturated heterocycles. The number of likely N-dealkylation sites (N-methyl/N-ethyl adjacent to an activating group) is 1. The highest BCUT2D eigenvalue weighted by Crippen LogP contribution is 2.19. The van der Waals surface area contributed by atoms with Crippen LogP contribution in [0.25, 0.3) is 6.08 Å². The van der Waals surface area contributed by atoms with Gasteiger partial charge < -0.3 is 10.2 Å². The molecular weight excluding hydrogens is 312 g/mol. The summed E-state index contributed by atoms with van der Waals surface area (Å²) in [5.41, 5.74) is 1.59. The Labute approximate surface area is 151 Å². The molecule has 0 atom stereocenters. The number of carbonyl (C=O) groups is 2. The Bertz CT molecular complexity index is 599. The van der Waals surface area contributed by atoms with E-state index in [9.17, 15) is 9.59 Å². The van der Waals surface area contributed by atoms with Crippen molar-refractivity contribution in [3.63, 3.8) is 0 Å². The van der Waals surface area contributed by atoms with Crippen LogP contribution in [-0.2, 0) is 4.79 Å². The van der Waals surface area contributed by atoms with Gasteiger partial charge in [0.15, 0.2) is 0 Å². The van der Waals surface area contributed by atoms with E-state index in [1.807, 2.05) is 42.2 Å². The van der Waals surface area contributed by atoms with E-state index < -0.39 is 0 Å². The van der Waals surface area contributed by atoms with Gasteiger partial charge in [-0.1, -0.05) is 38.8 Å². The molecule has 0 aromatic heterocycles. The Balaban J connectivity index is 1.92. The van der Waals surface area contributed by atoms with Crippen molar-refractivity contribution in [2.24, 2.45) is 5.92 Å². The fourth-order valence-electron chi connectivity index (χ4n) is 2.75. The number of hydrogen-bond acceptors (Lipinski definition) is 2. The van der Waals surface area contributed by atoms with Crippen LogP contribution in [0.4, 0.5) is 0 Å². The Hall–Kier alpha value is -2.10. The lowest BCUT2D eigenvalue weighted by atomic mass is 10.0. The van der Waals surface area contributed by atoms with Gasteiger partial charge in [-0.25, -0.2) is 0 Å². The van der Waals surface area contributed by atoms with E-state index in [1.165, 1.54) is 0 Å². The molecule has 2 rings (SSSR count). The summed E-state index contributed by atoms with van der Waals surface area (Å²) >= 11 is 0. The average molecular weight is 342 g/mol. The largest absolute Gasteiger partial charge is 0.349 e. The summed E-state index contributed by atoms with van der Waals surface area (Å²) < 4.78 is 0. The number of carbonyl (C=O) groups excluding carboxylic acids is 2. The lowest BCUT2D eigenvalue weighted by molar-refractivity contribution is -0.126. The van der Waals surface area contributed by atoms with Gasteiger partial charge in [-0.2, -0.15) is 0 Å². The number of nitrogens with zero attached hydrogens (tertiary/aromatic N) is 1. The van der Waals surface area contributed by atoms with Crippen molar-refractivity contribution >= 4 is 17.9 Å². The minimum absolute atomic E-state index is 0.0172. The van der Waals surface area contributed by atoms with Crippen molar-refractivity contribution < 1.29 is 9.59 Å². The number of hydrogen-bond donors (Lipinski definition) is 1. The van der Waals surface area contributed by atoms with Gasteiger partial charge >= 0.3 is 0 Å². The van der Waals surface area contributed by atoms with Crippen molar-refractivity contribution in [1.29, 1.82) is 0 Å². The topological polar surface area (TPSA) is 49.4 Å². The van der Waals surface area contributed by atoms with Crippen LogP contribution >= 0.6 is 0 Å². The van der Waals surface area contributed by atoms with Gasteiger partial charge in [0.25, 0.3) is 5.91 Å². The maximum Gasteiger partial charge on any atom is 0.251 e. The van der Waals surface area contributed by atoms with Gasteiger partial charge in [0.05, 0.1) is 0 Å². The molecule has 2 amide bonds. The molecule has 0 spiro atoms. The molecule has 1 saturated carbocycles. The molecule has 0 unspecified atom stereocenters. The lowest BCUT2D eigenvalue weighted by Gasteiger charge is -2.24. The van der Waals surface area contributed by atoms with Crippen molar-refractivity contribution in [3.8, 4) is 0 Å². The zero-order chi connectivity index (χ0) is 18.2. The Morgan fingerprint density at radius 3 is 2.32 bits per heavy atom. The van der Waals surface area contributed by atoms with E-state index in [2.05, 4.69) is 19.2 Å². The van der Waals surface area contributed by atoms with E-state index in [1.54, 1.807) is 6.08 Å². The molecule has 136 valence electrons. The third-order valence-corrected chi connectivity index (χ3v) is 4.83. The number of nitrogens with one attached hydrogen (secondary N) is 1. The molecule has 1 aromatic carbocycles. The average Bonchev–Trinajstić information content (AvgIpc) is 3.45. The first-order valence-corrected chi connectivity index (χ1v) is 9.45. The van der Waals surface area contributed by atoms with Gasteiger partial charge in [0.2, 0.25) is 5.91 Å². The van der Waals surface area contributed by atoms with Crippen molar-refractivity contribution in [2.75, 3.05) is 13.1 Å². The van der Waals surface area contributed by atoms with Crippen LogP contribution in [-0.4, -0.2) is 35.8 Å². The first kappa shape index (κ1) is 19.2. The summed E-state index contributed by atoms with van der Waals surface area (Å²) in [6.07, 6.45) is 7.80. The maximum absolute atomic E-state index is 12.4. The third kappa shape index (κ3) is 6.04. The van der Waals surface area contributed by atoms with Crippen molar-refractivity contribution in [3.05, 3.63) is 41.5 Å². The molecule has 0 heterocycles. The standard InChI is InChI=1S/C21H30N2O2/c1-4-16(5-2)15-23(6-3)20(24)14-9-17-7-10-18(11-8-17)21(25)22-19-12-13-19/h7-11,14,16,19H,4-6,12-13,15H2,1-3H3,(H,22,25)/b14-9+. The van der Waals surface area contributed by atoms with Gasteiger partial charge in [-0.15, -0.1) is 0 Å². The second-order valence-electron chi connectivity index (χ2n) is 6.76. The smallest absolute Gasteiger partial charge is 0.251 e. The number of rotatable bonds is 9. The zero-order valence-corrected chi connectivity index (χ0v) is 15.6. The minimum atomic E-state index is -0.0172. The van der Waals surface area contributed by atoms with E-state index in [-0.39, 0.29) is 11.8 Å². The van der Waals surface area contributed by atoms with Gasteiger partial charge in [-0.3, -0.25) is 9.59 Å². The summed E-state index contributed by atoms with van der Waals surface area (Å²) in [5, 5.41) is 2.97. The molecule has 1 aromatic rings. The summed E-state index contributed by atoms with van der Waals surface area (Å²) in [6.45, 7) is 7.89. The third-order valence-electron chi connectivity index (χ3n) is 4.83. The van der Waals surface area contributed by atoms with Crippen LogP contribution in [0.5, 0.6) is 0 Å². The number of benzene rings is 1. The van der Waals surface area contributed by atoms with Gasteiger partial charge in [0.1, 0.15) is 0 Å². The van der Waals surface area contributed by atoms with Crippen LogP contribution in [0.1, 0.15) is 62.4 Å². The van der Waals surface area contributed by atoms with Crippen LogP contribution in [0.15, 0.2) is 30.3 Å². The maximum atomic E-state index is 12.4. The predicted octanol–water partition coefficient (Wildman–Crippen LogP) is 3.88. The fraction of sp³-hybridized carbons (Fsp3) is 0.524. The van der Waals surface area contributed by atoms with Crippen LogP contribution in [0.2, 0.25) is 0 Å². The highest BCUT2D eigenvalue weighted by molar-refractivity contribution is 5.95. The Morgan fingerprint density at radius 2 is 1.80 bits per heavy atom. The van der Waals surface area contributed by atoms with Crippen LogP contribution in [0, 0.1) is 5.92 Å². The zero-order valence-electron chi connectivity index (χ0n) is 15.6. The minimum Gasteiger partial charge on any atom is -0.349 e.